The number of benzene rings is 2. The van der Waals surface area contributed by atoms with Crippen molar-refractivity contribution in [1.82, 2.24) is 19.4 Å². The first kappa shape index (κ1) is 26.4. The summed E-state index contributed by atoms with van der Waals surface area (Å²) < 4.78 is 6.94. The summed E-state index contributed by atoms with van der Waals surface area (Å²) >= 11 is 0. The van der Waals surface area contributed by atoms with E-state index in [1.807, 2.05) is 68.4 Å². The van der Waals surface area contributed by atoms with Crippen LogP contribution in [-0.2, 0) is 4.79 Å². The van der Waals surface area contributed by atoms with Crippen molar-refractivity contribution in [3.8, 4) is 11.4 Å². The van der Waals surface area contributed by atoms with Crippen LogP contribution in [0.2, 0.25) is 0 Å². The zero-order chi connectivity index (χ0) is 25.4. The second kappa shape index (κ2) is 12.5. The maximum absolute atomic E-state index is 13.7. The minimum Gasteiger partial charge on any atom is -0.497 e. The van der Waals surface area contributed by atoms with Crippen molar-refractivity contribution in [2.45, 2.75) is 52.0 Å². The van der Waals surface area contributed by atoms with Crippen LogP contribution in [-0.4, -0.2) is 59.6 Å². The number of amides is 1. The van der Waals surface area contributed by atoms with Crippen molar-refractivity contribution in [3.05, 3.63) is 64.7 Å². The second-order valence-electron chi connectivity index (χ2n) is 9.20. The van der Waals surface area contributed by atoms with Gasteiger partial charge in [-0.2, -0.15) is 0 Å². The van der Waals surface area contributed by atoms with Crippen LogP contribution in [0.15, 0.2) is 53.3 Å². The first-order chi connectivity index (χ1) is 16.9. The fourth-order valence-corrected chi connectivity index (χ4v) is 4.24. The SMILES string of the molecule is CCCCCCC(=O)N(CCN(C)C)C(C)c1nc2ccccc2c(=O)n1-c1ccc(OC)cc1. The lowest BCUT2D eigenvalue weighted by Crippen LogP contribution is -2.40. The molecule has 7 nitrogen and oxygen atoms in total. The van der Waals surface area contributed by atoms with Crippen molar-refractivity contribution in [2.75, 3.05) is 34.3 Å². The van der Waals surface area contributed by atoms with Crippen LogP contribution in [0.1, 0.15) is 57.8 Å². The first-order valence-electron chi connectivity index (χ1n) is 12.5. The van der Waals surface area contributed by atoms with E-state index in [1.54, 1.807) is 17.7 Å². The quantitative estimate of drug-likeness (QED) is 0.349. The van der Waals surface area contributed by atoms with Crippen LogP contribution in [0.4, 0.5) is 0 Å². The van der Waals surface area contributed by atoms with E-state index in [4.69, 9.17) is 9.72 Å². The van der Waals surface area contributed by atoms with Crippen LogP contribution < -0.4 is 10.3 Å². The Kier molecular flexibility index (Phi) is 9.43. The van der Waals surface area contributed by atoms with Gasteiger partial charge in [-0.1, -0.05) is 38.3 Å². The number of nitrogens with zero attached hydrogens (tertiary/aromatic N) is 4. The van der Waals surface area contributed by atoms with Gasteiger partial charge in [-0.15, -0.1) is 0 Å². The number of unbranched alkanes of at least 4 members (excludes halogenated alkanes) is 3. The molecule has 188 valence electrons. The molecule has 3 aromatic rings. The van der Waals surface area contributed by atoms with E-state index < -0.39 is 0 Å². The molecule has 1 atom stereocenters. The van der Waals surface area contributed by atoms with Gasteiger partial charge in [0.05, 0.1) is 29.7 Å². The number of likely N-dealkylation sites (N-methyl/N-ethyl adjacent to an activating group) is 1. The van der Waals surface area contributed by atoms with E-state index >= 15 is 0 Å². The van der Waals surface area contributed by atoms with E-state index in [-0.39, 0.29) is 17.5 Å². The third kappa shape index (κ3) is 6.48. The molecule has 0 N–H and O–H groups in total. The van der Waals surface area contributed by atoms with Gasteiger partial charge in [0.15, 0.2) is 0 Å². The van der Waals surface area contributed by atoms with Gasteiger partial charge in [0.1, 0.15) is 11.6 Å². The highest BCUT2D eigenvalue weighted by atomic mass is 16.5. The molecule has 1 aromatic heterocycles. The Balaban J connectivity index is 2.08. The molecule has 1 amide bonds. The number of carbonyl (C=O) groups is 1. The van der Waals surface area contributed by atoms with Crippen molar-refractivity contribution in [3.63, 3.8) is 0 Å². The third-order valence-corrected chi connectivity index (χ3v) is 6.33. The van der Waals surface area contributed by atoms with E-state index in [9.17, 15) is 9.59 Å². The number of para-hydroxylation sites is 1. The van der Waals surface area contributed by atoms with Crippen LogP contribution in [0.25, 0.3) is 16.6 Å². The molecule has 3 rings (SSSR count). The molecule has 35 heavy (non-hydrogen) atoms. The fourth-order valence-electron chi connectivity index (χ4n) is 4.24. The summed E-state index contributed by atoms with van der Waals surface area (Å²) in [5.41, 5.74) is 1.18. The summed E-state index contributed by atoms with van der Waals surface area (Å²) in [6, 6.07) is 14.3. The zero-order valence-corrected chi connectivity index (χ0v) is 21.7. The number of aromatic nitrogens is 2. The maximum atomic E-state index is 13.7. The molecule has 1 unspecified atom stereocenters. The lowest BCUT2D eigenvalue weighted by molar-refractivity contribution is -0.133. The molecule has 0 aliphatic heterocycles. The monoisotopic (exact) mass is 478 g/mol. The number of rotatable bonds is 12. The zero-order valence-electron chi connectivity index (χ0n) is 21.7. The van der Waals surface area contributed by atoms with Crippen LogP contribution in [0.3, 0.4) is 0 Å². The van der Waals surface area contributed by atoms with Crippen molar-refractivity contribution < 1.29 is 9.53 Å². The van der Waals surface area contributed by atoms with Gasteiger partial charge in [-0.3, -0.25) is 14.2 Å². The van der Waals surface area contributed by atoms with Gasteiger partial charge >= 0.3 is 0 Å². The number of methoxy groups -OCH3 is 1. The average Bonchev–Trinajstić information content (AvgIpc) is 2.86. The Morgan fingerprint density at radius 3 is 2.40 bits per heavy atom. The lowest BCUT2D eigenvalue weighted by Gasteiger charge is -2.31. The molecule has 2 aromatic carbocycles. The fraction of sp³-hybridized carbons (Fsp3) is 0.464. The number of carbonyl (C=O) groups excluding carboxylic acids is 1. The Morgan fingerprint density at radius 1 is 1.03 bits per heavy atom. The summed E-state index contributed by atoms with van der Waals surface area (Å²) in [7, 11) is 5.60. The Morgan fingerprint density at radius 2 is 1.74 bits per heavy atom. The van der Waals surface area contributed by atoms with Gasteiger partial charge < -0.3 is 14.5 Å². The standard InChI is InChI=1S/C28H38N4O3/c1-6-7-8-9-14-26(33)31(20-19-30(3)4)21(2)27-29-25-13-11-10-12-24(25)28(34)32(27)22-15-17-23(35-5)18-16-22/h10-13,15-18,21H,6-9,14,19-20H2,1-5H3. The molecular weight excluding hydrogens is 440 g/mol. The predicted molar refractivity (Wildman–Crippen MR) is 141 cm³/mol. The Hall–Kier alpha value is -3.19. The Bertz CT molecular complexity index is 1170. The summed E-state index contributed by atoms with van der Waals surface area (Å²) in [5.74, 6) is 1.36. The molecule has 0 aliphatic rings. The van der Waals surface area contributed by atoms with Gasteiger partial charge in [0.2, 0.25) is 5.91 Å². The third-order valence-electron chi connectivity index (χ3n) is 6.33. The molecule has 7 heteroatoms. The molecule has 0 saturated heterocycles. The predicted octanol–water partition coefficient (Wildman–Crippen LogP) is 4.82. The molecule has 0 radical (unpaired) electrons. The highest BCUT2D eigenvalue weighted by molar-refractivity contribution is 5.79. The molecule has 0 fully saturated rings. The van der Waals surface area contributed by atoms with Crippen LogP contribution in [0, 0.1) is 0 Å². The van der Waals surface area contributed by atoms with Crippen molar-refractivity contribution in [1.29, 1.82) is 0 Å². The summed E-state index contributed by atoms with van der Waals surface area (Å²) in [4.78, 5) is 35.9. The van der Waals surface area contributed by atoms with Gasteiger partial charge in [-0.25, -0.2) is 4.98 Å². The van der Waals surface area contributed by atoms with E-state index in [2.05, 4.69) is 11.8 Å². The number of ether oxygens (including phenoxy) is 1. The largest absolute Gasteiger partial charge is 0.497 e. The smallest absolute Gasteiger partial charge is 0.266 e. The number of hydrogen-bond donors (Lipinski definition) is 0. The van der Waals surface area contributed by atoms with Gasteiger partial charge in [0.25, 0.3) is 5.56 Å². The van der Waals surface area contributed by atoms with Gasteiger partial charge in [0, 0.05) is 19.5 Å². The van der Waals surface area contributed by atoms with Crippen LogP contribution in [0.5, 0.6) is 5.75 Å². The normalized spacial score (nSPS) is 12.2. The highest BCUT2D eigenvalue weighted by Gasteiger charge is 2.26. The summed E-state index contributed by atoms with van der Waals surface area (Å²) in [5, 5.41) is 0.546. The molecule has 0 saturated carbocycles. The maximum Gasteiger partial charge on any atom is 0.266 e. The summed E-state index contributed by atoms with van der Waals surface area (Å²) in [6.07, 6.45) is 4.67. The molecule has 0 bridgehead atoms. The van der Waals surface area contributed by atoms with E-state index in [1.165, 1.54) is 0 Å². The first-order valence-corrected chi connectivity index (χ1v) is 12.5. The highest BCUT2D eigenvalue weighted by Crippen LogP contribution is 2.25. The van der Waals surface area contributed by atoms with Crippen LogP contribution >= 0.6 is 0 Å². The number of fused-ring (bicyclic) bond motifs is 1. The van der Waals surface area contributed by atoms with Gasteiger partial charge in [-0.05, 0) is 63.8 Å². The average molecular weight is 479 g/mol. The topological polar surface area (TPSA) is 67.7 Å². The van der Waals surface area contributed by atoms with Crippen molar-refractivity contribution in [2.24, 2.45) is 0 Å². The Labute approximate surface area is 208 Å². The summed E-state index contributed by atoms with van der Waals surface area (Å²) in [6.45, 7) is 5.42. The minimum atomic E-state index is -0.381. The lowest BCUT2D eigenvalue weighted by atomic mass is 10.1. The number of hydrogen-bond acceptors (Lipinski definition) is 5. The van der Waals surface area contributed by atoms with E-state index in [0.717, 1.165) is 32.2 Å². The molecule has 1 heterocycles. The molecular formula is C28H38N4O3. The van der Waals surface area contributed by atoms with Crippen molar-refractivity contribution >= 4 is 16.8 Å². The van der Waals surface area contributed by atoms with E-state index in [0.29, 0.717) is 41.1 Å². The second-order valence-corrected chi connectivity index (χ2v) is 9.20. The molecule has 0 spiro atoms. The molecule has 0 aliphatic carbocycles. The minimum absolute atomic E-state index is 0.0964.